The van der Waals surface area contributed by atoms with Crippen LogP contribution in [0.1, 0.15) is 41.9 Å². The fourth-order valence-electron chi connectivity index (χ4n) is 3.96. The SMILES string of the molecule is CC1CC(C)C(c2ccccc2)S(=O)(=O)C1c1ccccc1. The lowest BCUT2D eigenvalue weighted by Crippen LogP contribution is -2.35. The lowest BCUT2D eigenvalue weighted by atomic mass is 9.86. The maximum atomic E-state index is 13.3. The largest absolute Gasteiger partial charge is 0.228 e. The molecule has 1 aliphatic heterocycles. The number of benzene rings is 2. The summed E-state index contributed by atoms with van der Waals surface area (Å²) >= 11 is 0. The van der Waals surface area contributed by atoms with E-state index in [9.17, 15) is 8.42 Å². The van der Waals surface area contributed by atoms with Crippen LogP contribution in [0.2, 0.25) is 0 Å². The first-order valence-corrected chi connectivity index (χ1v) is 9.45. The molecule has 0 radical (unpaired) electrons. The average Bonchev–Trinajstić information content (AvgIpc) is 2.48. The second-order valence-corrected chi connectivity index (χ2v) is 8.64. The van der Waals surface area contributed by atoms with Gasteiger partial charge in [-0.3, -0.25) is 0 Å². The van der Waals surface area contributed by atoms with Crippen LogP contribution in [0, 0.1) is 11.8 Å². The van der Waals surface area contributed by atoms with Crippen LogP contribution >= 0.6 is 0 Å². The van der Waals surface area contributed by atoms with Crippen molar-refractivity contribution >= 4 is 9.84 Å². The third-order valence-electron chi connectivity index (χ3n) is 4.74. The molecule has 0 saturated carbocycles. The summed E-state index contributed by atoms with van der Waals surface area (Å²) in [5.41, 5.74) is 1.84. The lowest BCUT2D eigenvalue weighted by Gasteiger charge is -2.39. The third-order valence-corrected chi connectivity index (χ3v) is 7.63. The van der Waals surface area contributed by atoms with E-state index in [1.807, 2.05) is 60.7 Å². The molecule has 0 spiro atoms. The highest BCUT2D eigenvalue weighted by Gasteiger charge is 2.46. The highest BCUT2D eigenvalue weighted by atomic mass is 32.2. The van der Waals surface area contributed by atoms with E-state index in [2.05, 4.69) is 13.8 Å². The normalized spacial score (nSPS) is 30.8. The van der Waals surface area contributed by atoms with Crippen LogP contribution in [0.3, 0.4) is 0 Å². The zero-order valence-corrected chi connectivity index (χ0v) is 13.8. The van der Waals surface area contributed by atoms with E-state index in [-0.39, 0.29) is 11.8 Å². The first kappa shape index (κ1) is 15.3. The summed E-state index contributed by atoms with van der Waals surface area (Å²) in [4.78, 5) is 0. The Labute approximate surface area is 133 Å². The smallest absolute Gasteiger partial charge is 0.164 e. The van der Waals surface area contributed by atoms with Crippen molar-refractivity contribution in [2.45, 2.75) is 30.8 Å². The minimum absolute atomic E-state index is 0.141. The van der Waals surface area contributed by atoms with Crippen LogP contribution in [0.15, 0.2) is 60.7 Å². The van der Waals surface area contributed by atoms with Gasteiger partial charge in [0.2, 0.25) is 0 Å². The van der Waals surface area contributed by atoms with Gasteiger partial charge in [0.1, 0.15) is 0 Å². The van der Waals surface area contributed by atoms with Gasteiger partial charge >= 0.3 is 0 Å². The van der Waals surface area contributed by atoms with Gasteiger partial charge in [-0.15, -0.1) is 0 Å². The Morgan fingerprint density at radius 3 is 1.45 bits per heavy atom. The Kier molecular flexibility index (Phi) is 4.09. The third kappa shape index (κ3) is 2.58. The van der Waals surface area contributed by atoms with Gasteiger partial charge in [-0.25, -0.2) is 8.42 Å². The molecule has 0 bridgehead atoms. The van der Waals surface area contributed by atoms with Crippen molar-refractivity contribution in [1.29, 1.82) is 0 Å². The average molecular weight is 314 g/mol. The number of sulfone groups is 1. The molecule has 2 aromatic carbocycles. The molecule has 3 heteroatoms. The summed E-state index contributed by atoms with van der Waals surface area (Å²) < 4.78 is 26.7. The van der Waals surface area contributed by atoms with Gasteiger partial charge in [-0.1, -0.05) is 74.5 Å². The van der Waals surface area contributed by atoms with Crippen molar-refractivity contribution in [2.24, 2.45) is 11.8 Å². The lowest BCUT2D eigenvalue weighted by molar-refractivity contribution is 0.348. The molecule has 2 nitrogen and oxygen atoms in total. The molecule has 1 heterocycles. The maximum Gasteiger partial charge on any atom is 0.164 e. The van der Waals surface area contributed by atoms with Crippen LogP contribution in [0.5, 0.6) is 0 Å². The molecule has 0 amide bonds. The molecule has 0 N–H and O–H groups in total. The van der Waals surface area contributed by atoms with Gasteiger partial charge in [0.15, 0.2) is 9.84 Å². The second-order valence-electron chi connectivity index (χ2n) is 6.44. The van der Waals surface area contributed by atoms with E-state index >= 15 is 0 Å². The standard InChI is InChI=1S/C19H22O2S/c1-14-13-15(2)19(17-11-7-4-8-12-17)22(20,21)18(14)16-9-5-3-6-10-16/h3-12,14-15,18-19H,13H2,1-2H3. The summed E-state index contributed by atoms with van der Waals surface area (Å²) in [5, 5.41) is -0.815. The quantitative estimate of drug-likeness (QED) is 0.814. The van der Waals surface area contributed by atoms with Crippen LogP contribution in [0.25, 0.3) is 0 Å². The summed E-state index contributed by atoms with van der Waals surface area (Å²) in [6.45, 7) is 4.12. The van der Waals surface area contributed by atoms with Crippen LogP contribution in [-0.2, 0) is 9.84 Å². The molecule has 1 aliphatic rings. The van der Waals surface area contributed by atoms with Gasteiger partial charge < -0.3 is 0 Å². The second kappa shape index (κ2) is 5.88. The minimum atomic E-state index is -3.27. The molecule has 22 heavy (non-hydrogen) atoms. The Balaban J connectivity index is 2.09. The minimum Gasteiger partial charge on any atom is -0.228 e. The Morgan fingerprint density at radius 1 is 0.727 bits per heavy atom. The van der Waals surface area contributed by atoms with Gasteiger partial charge in [-0.05, 0) is 29.4 Å². The van der Waals surface area contributed by atoms with Gasteiger partial charge in [0, 0.05) is 0 Å². The van der Waals surface area contributed by atoms with Crippen LogP contribution in [0.4, 0.5) is 0 Å². The molecule has 4 unspecified atom stereocenters. The predicted octanol–water partition coefficient (Wildman–Crippen LogP) is 4.56. The first-order valence-electron chi connectivity index (χ1n) is 7.84. The van der Waals surface area contributed by atoms with E-state index in [0.717, 1.165) is 17.5 Å². The monoisotopic (exact) mass is 314 g/mol. The molecular formula is C19H22O2S. The Bertz CT molecular complexity index is 665. The Hall–Kier alpha value is -1.61. The molecule has 0 aromatic heterocycles. The van der Waals surface area contributed by atoms with E-state index in [4.69, 9.17) is 0 Å². The first-order chi connectivity index (χ1) is 10.5. The summed E-state index contributed by atoms with van der Waals surface area (Å²) in [7, 11) is -3.27. The van der Waals surface area contributed by atoms with Crippen molar-refractivity contribution < 1.29 is 8.42 Å². The van der Waals surface area contributed by atoms with Crippen molar-refractivity contribution in [1.82, 2.24) is 0 Å². The fraction of sp³-hybridized carbons (Fsp3) is 0.368. The van der Waals surface area contributed by atoms with E-state index < -0.39 is 20.3 Å². The molecule has 0 aliphatic carbocycles. The number of hydrogen-bond acceptors (Lipinski definition) is 2. The Morgan fingerprint density at radius 2 is 1.09 bits per heavy atom. The molecular weight excluding hydrogens is 292 g/mol. The molecule has 1 fully saturated rings. The zero-order valence-electron chi connectivity index (χ0n) is 13.0. The molecule has 116 valence electrons. The van der Waals surface area contributed by atoms with Crippen LogP contribution in [-0.4, -0.2) is 8.42 Å². The summed E-state index contributed by atoms with van der Waals surface area (Å²) in [5.74, 6) is 0.282. The number of rotatable bonds is 2. The van der Waals surface area contributed by atoms with Crippen LogP contribution < -0.4 is 0 Å². The van der Waals surface area contributed by atoms with Crippen molar-refractivity contribution in [3.8, 4) is 0 Å². The van der Waals surface area contributed by atoms with Crippen molar-refractivity contribution in [2.75, 3.05) is 0 Å². The van der Waals surface area contributed by atoms with E-state index in [0.29, 0.717) is 0 Å². The van der Waals surface area contributed by atoms with Crippen molar-refractivity contribution in [3.63, 3.8) is 0 Å². The molecule has 2 aromatic rings. The highest BCUT2D eigenvalue weighted by molar-refractivity contribution is 7.92. The van der Waals surface area contributed by atoms with Gasteiger partial charge in [-0.2, -0.15) is 0 Å². The predicted molar refractivity (Wildman–Crippen MR) is 90.2 cm³/mol. The molecule has 3 rings (SSSR count). The highest BCUT2D eigenvalue weighted by Crippen LogP contribution is 2.50. The van der Waals surface area contributed by atoms with Crippen molar-refractivity contribution in [3.05, 3.63) is 71.8 Å². The maximum absolute atomic E-state index is 13.3. The number of hydrogen-bond donors (Lipinski definition) is 0. The van der Waals surface area contributed by atoms with Gasteiger partial charge in [0.05, 0.1) is 10.5 Å². The molecule has 1 saturated heterocycles. The topological polar surface area (TPSA) is 34.1 Å². The summed E-state index contributed by atoms with van der Waals surface area (Å²) in [6, 6.07) is 19.3. The van der Waals surface area contributed by atoms with E-state index in [1.54, 1.807) is 0 Å². The summed E-state index contributed by atoms with van der Waals surface area (Å²) in [6.07, 6.45) is 0.929. The molecule has 4 atom stereocenters. The zero-order chi connectivity index (χ0) is 15.7. The van der Waals surface area contributed by atoms with E-state index in [1.165, 1.54) is 0 Å². The van der Waals surface area contributed by atoms with Gasteiger partial charge in [0.25, 0.3) is 0 Å². The fourth-order valence-corrected chi connectivity index (χ4v) is 6.87.